The normalized spacial score (nSPS) is 23.3. The van der Waals surface area contributed by atoms with Gasteiger partial charge in [0.2, 0.25) is 10.0 Å². The minimum Gasteiger partial charge on any atom is -0.330 e. The van der Waals surface area contributed by atoms with E-state index in [0.29, 0.717) is 18.0 Å². The van der Waals surface area contributed by atoms with Crippen molar-refractivity contribution in [3.8, 4) is 0 Å². The van der Waals surface area contributed by atoms with Crippen LogP contribution in [0, 0.1) is 0 Å². The highest BCUT2D eigenvalue weighted by atomic mass is 32.2. The van der Waals surface area contributed by atoms with E-state index in [-0.39, 0.29) is 0 Å². The molecule has 1 aromatic carbocycles. The highest BCUT2D eigenvalue weighted by Gasteiger charge is 2.33. The lowest BCUT2D eigenvalue weighted by Crippen LogP contribution is -3.18. The Bertz CT molecular complexity index is 558. The Balaban J connectivity index is 1.61. The highest BCUT2D eigenvalue weighted by molar-refractivity contribution is 7.89. The van der Waals surface area contributed by atoms with Gasteiger partial charge in [0.05, 0.1) is 37.1 Å². The SMILES string of the molecule is O=S(=O)(c1ccccc1)N1CC[NH+](C2CCCCCC2)CC1. The molecular weight excluding hydrogens is 296 g/mol. The molecule has 0 unspecified atom stereocenters. The molecule has 4 nitrogen and oxygen atoms in total. The van der Waals surface area contributed by atoms with Crippen molar-refractivity contribution < 1.29 is 13.3 Å². The fraction of sp³-hybridized carbons (Fsp3) is 0.647. The Hall–Kier alpha value is -0.910. The topological polar surface area (TPSA) is 41.8 Å². The van der Waals surface area contributed by atoms with E-state index in [1.165, 1.54) is 38.5 Å². The largest absolute Gasteiger partial charge is 0.330 e. The number of benzene rings is 1. The first kappa shape index (κ1) is 16.0. The molecule has 0 spiro atoms. The van der Waals surface area contributed by atoms with Gasteiger partial charge in [0.1, 0.15) is 0 Å². The summed E-state index contributed by atoms with van der Waals surface area (Å²) in [6.07, 6.45) is 8.08. The van der Waals surface area contributed by atoms with Crippen LogP contribution in [0.25, 0.3) is 0 Å². The first-order valence-corrected chi connectivity index (χ1v) is 10.0. The van der Waals surface area contributed by atoms with Crippen LogP contribution < -0.4 is 4.90 Å². The first-order valence-electron chi connectivity index (χ1n) is 8.58. The number of sulfonamides is 1. The van der Waals surface area contributed by atoms with Gasteiger partial charge >= 0.3 is 0 Å². The van der Waals surface area contributed by atoms with Gasteiger partial charge in [-0.2, -0.15) is 4.31 Å². The van der Waals surface area contributed by atoms with E-state index in [2.05, 4.69) is 0 Å². The van der Waals surface area contributed by atoms with Crippen molar-refractivity contribution >= 4 is 10.0 Å². The van der Waals surface area contributed by atoms with E-state index in [9.17, 15) is 8.42 Å². The van der Waals surface area contributed by atoms with Crippen molar-refractivity contribution in [3.05, 3.63) is 30.3 Å². The number of quaternary nitrogens is 1. The van der Waals surface area contributed by atoms with Crippen LogP contribution >= 0.6 is 0 Å². The Morgan fingerprint density at radius 3 is 2.09 bits per heavy atom. The predicted molar refractivity (Wildman–Crippen MR) is 87.4 cm³/mol. The fourth-order valence-electron chi connectivity index (χ4n) is 3.85. The summed E-state index contributed by atoms with van der Waals surface area (Å²) in [5, 5.41) is 0. The maximum absolute atomic E-state index is 12.6. The Morgan fingerprint density at radius 1 is 0.909 bits per heavy atom. The average molecular weight is 323 g/mol. The van der Waals surface area contributed by atoms with Gasteiger partial charge in [-0.3, -0.25) is 0 Å². The molecular formula is C17H27N2O2S+. The van der Waals surface area contributed by atoms with Gasteiger partial charge in [0.25, 0.3) is 0 Å². The van der Waals surface area contributed by atoms with Crippen LogP contribution in [0.5, 0.6) is 0 Å². The van der Waals surface area contributed by atoms with Gasteiger partial charge in [0.15, 0.2) is 0 Å². The van der Waals surface area contributed by atoms with Gasteiger partial charge in [-0.25, -0.2) is 8.42 Å². The summed E-state index contributed by atoms with van der Waals surface area (Å²) in [5.41, 5.74) is 0. The molecule has 0 radical (unpaired) electrons. The van der Waals surface area contributed by atoms with Crippen LogP contribution in [0.1, 0.15) is 38.5 Å². The molecule has 0 aromatic heterocycles. The smallest absolute Gasteiger partial charge is 0.243 e. The molecule has 22 heavy (non-hydrogen) atoms. The molecule has 1 heterocycles. The molecule has 1 saturated carbocycles. The lowest BCUT2D eigenvalue weighted by molar-refractivity contribution is -0.929. The summed E-state index contributed by atoms with van der Waals surface area (Å²) in [6, 6.07) is 9.58. The van der Waals surface area contributed by atoms with Crippen LogP contribution in [-0.2, 0) is 10.0 Å². The summed E-state index contributed by atoms with van der Waals surface area (Å²) in [5.74, 6) is 0. The van der Waals surface area contributed by atoms with E-state index in [4.69, 9.17) is 0 Å². The summed E-state index contributed by atoms with van der Waals surface area (Å²) in [4.78, 5) is 2.05. The third-order valence-electron chi connectivity index (χ3n) is 5.18. The number of rotatable bonds is 3. The molecule has 0 atom stereocenters. The monoisotopic (exact) mass is 323 g/mol. The molecule has 0 bridgehead atoms. The number of piperazine rings is 1. The molecule has 1 aromatic rings. The van der Waals surface area contributed by atoms with E-state index >= 15 is 0 Å². The van der Waals surface area contributed by atoms with Gasteiger partial charge in [0, 0.05) is 0 Å². The molecule has 3 rings (SSSR count). The van der Waals surface area contributed by atoms with Crippen LogP contribution in [0.15, 0.2) is 35.2 Å². The lowest BCUT2D eigenvalue weighted by Gasteiger charge is -2.35. The lowest BCUT2D eigenvalue weighted by atomic mass is 10.1. The highest BCUT2D eigenvalue weighted by Crippen LogP contribution is 2.17. The van der Waals surface area contributed by atoms with Crippen LogP contribution in [0.3, 0.4) is 0 Å². The third kappa shape index (κ3) is 3.53. The summed E-state index contributed by atoms with van der Waals surface area (Å²) in [7, 11) is -3.30. The Labute approximate surface area is 134 Å². The molecule has 2 aliphatic rings. The number of nitrogens with one attached hydrogen (secondary N) is 1. The first-order chi connectivity index (χ1) is 10.7. The standard InChI is InChI=1S/C17H26N2O2S/c20-22(21,17-10-6-3-7-11-17)19-14-12-18(13-15-19)16-8-4-1-2-5-9-16/h3,6-7,10-11,16H,1-2,4-5,8-9,12-15H2/p+1. The zero-order chi connectivity index (χ0) is 15.4. The summed E-state index contributed by atoms with van der Waals surface area (Å²) >= 11 is 0. The van der Waals surface area contributed by atoms with Gasteiger partial charge in [-0.05, 0) is 37.8 Å². The van der Waals surface area contributed by atoms with Crippen LogP contribution in [0.2, 0.25) is 0 Å². The molecule has 5 heteroatoms. The van der Waals surface area contributed by atoms with E-state index < -0.39 is 10.0 Å². The fourth-order valence-corrected chi connectivity index (χ4v) is 5.31. The summed E-state index contributed by atoms with van der Waals surface area (Å²) < 4.78 is 27.0. The molecule has 1 aliphatic heterocycles. The van der Waals surface area contributed by atoms with Crippen molar-refractivity contribution in [2.75, 3.05) is 26.2 Å². The van der Waals surface area contributed by atoms with E-state index in [1.54, 1.807) is 33.5 Å². The molecule has 0 amide bonds. The number of nitrogens with zero attached hydrogens (tertiary/aromatic N) is 1. The minimum absolute atomic E-state index is 0.424. The number of hydrogen-bond acceptors (Lipinski definition) is 2. The maximum atomic E-state index is 12.6. The average Bonchev–Trinajstić information content (AvgIpc) is 2.85. The quantitative estimate of drug-likeness (QED) is 0.852. The number of hydrogen-bond donors (Lipinski definition) is 1. The van der Waals surface area contributed by atoms with Gasteiger partial charge in [-0.15, -0.1) is 0 Å². The second-order valence-corrected chi connectivity index (χ2v) is 8.50. The molecule has 1 aliphatic carbocycles. The van der Waals surface area contributed by atoms with Crippen molar-refractivity contribution in [1.29, 1.82) is 0 Å². The van der Waals surface area contributed by atoms with E-state index in [1.807, 2.05) is 6.07 Å². The zero-order valence-corrected chi connectivity index (χ0v) is 14.0. The van der Waals surface area contributed by atoms with Gasteiger partial charge < -0.3 is 4.90 Å². The van der Waals surface area contributed by atoms with E-state index in [0.717, 1.165) is 19.1 Å². The third-order valence-corrected chi connectivity index (χ3v) is 7.09. The second kappa shape index (κ2) is 7.11. The Kier molecular flexibility index (Phi) is 5.16. The molecule has 1 N–H and O–H groups in total. The Morgan fingerprint density at radius 2 is 1.50 bits per heavy atom. The van der Waals surface area contributed by atoms with Crippen LogP contribution in [-0.4, -0.2) is 44.9 Å². The minimum atomic E-state index is -3.30. The maximum Gasteiger partial charge on any atom is 0.243 e. The van der Waals surface area contributed by atoms with Crippen molar-refractivity contribution in [2.45, 2.75) is 49.5 Å². The molecule has 1 saturated heterocycles. The van der Waals surface area contributed by atoms with Gasteiger partial charge in [-0.1, -0.05) is 31.0 Å². The van der Waals surface area contributed by atoms with Crippen molar-refractivity contribution in [3.63, 3.8) is 0 Å². The molecule has 2 fully saturated rings. The predicted octanol–water partition coefficient (Wildman–Crippen LogP) is 1.30. The molecule has 122 valence electrons. The van der Waals surface area contributed by atoms with Crippen LogP contribution in [0.4, 0.5) is 0 Å². The zero-order valence-electron chi connectivity index (χ0n) is 13.2. The van der Waals surface area contributed by atoms with Crippen molar-refractivity contribution in [2.24, 2.45) is 0 Å². The van der Waals surface area contributed by atoms with Crippen molar-refractivity contribution in [1.82, 2.24) is 4.31 Å². The second-order valence-electron chi connectivity index (χ2n) is 6.56. The summed E-state index contributed by atoms with van der Waals surface area (Å²) in [6.45, 7) is 3.22.